The van der Waals surface area contributed by atoms with Gasteiger partial charge in [0.2, 0.25) is 0 Å². The van der Waals surface area contributed by atoms with Crippen LogP contribution in [0.2, 0.25) is 0 Å². The lowest BCUT2D eigenvalue weighted by Crippen LogP contribution is -2.30. The molecular weight excluding hydrogens is 358 g/mol. The van der Waals surface area contributed by atoms with Gasteiger partial charge in [-0.25, -0.2) is 14.5 Å². The molecule has 144 valence electrons. The average molecular weight is 379 g/mol. The van der Waals surface area contributed by atoms with Crippen molar-refractivity contribution in [3.63, 3.8) is 0 Å². The summed E-state index contributed by atoms with van der Waals surface area (Å²) in [5.41, 5.74) is 1.93. The molecule has 2 aromatic heterocycles. The van der Waals surface area contributed by atoms with Gasteiger partial charge in [-0.3, -0.25) is 9.78 Å². The Hall–Kier alpha value is -3.55. The highest BCUT2D eigenvalue weighted by molar-refractivity contribution is 5.95. The highest BCUT2D eigenvalue weighted by Gasteiger charge is 2.19. The van der Waals surface area contributed by atoms with Crippen LogP contribution in [-0.2, 0) is 6.54 Å². The number of hydrogen-bond acceptors (Lipinski definition) is 5. The lowest BCUT2D eigenvalue weighted by molar-refractivity contribution is 0.0696. The summed E-state index contributed by atoms with van der Waals surface area (Å²) in [7, 11) is 0. The van der Waals surface area contributed by atoms with Crippen LogP contribution in [0.15, 0.2) is 48.9 Å². The number of carboxylic acids is 1. The van der Waals surface area contributed by atoms with E-state index in [0.717, 1.165) is 11.4 Å². The zero-order chi connectivity index (χ0) is 20.1. The zero-order valence-corrected chi connectivity index (χ0v) is 15.7. The number of pyridine rings is 1. The number of aromatic nitrogens is 4. The number of carboxylic acid groups (broad SMARTS) is 1. The lowest BCUT2D eigenvalue weighted by atomic mass is 10.1. The summed E-state index contributed by atoms with van der Waals surface area (Å²) in [4.78, 5) is 32.2. The van der Waals surface area contributed by atoms with Crippen molar-refractivity contribution in [1.29, 1.82) is 0 Å². The van der Waals surface area contributed by atoms with Gasteiger partial charge in [0.25, 0.3) is 5.91 Å². The van der Waals surface area contributed by atoms with Crippen LogP contribution in [-0.4, -0.2) is 36.7 Å². The predicted molar refractivity (Wildman–Crippen MR) is 103 cm³/mol. The van der Waals surface area contributed by atoms with E-state index in [1.54, 1.807) is 28.9 Å². The van der Waals surface area contributed by atoms with E-state index in [1.165, 1.54) is 24.7 Å². The van der Waals surface area contributed by atoms with Gasteiger partial charge < -0.3 is 10.4 Å². The molecule has 0 aliphatic rings. The Morgan fingerprint density at radius 3 is 2.50 bits per heavy atom. The van der Waals surface area contributed by atoms with Gasteiger partial charge in [0, 0.05) is 23.9 Å². The molecule has 1 amide bonds. The minimum absolute atomic E-state index is 0.164. The van der Waals surface area contributed by atoms with Crippen LogP contribution in [0.4, 0.5) is 0 Å². The first-order valence-corrected chi connectivity index (χ1v) is 9.01. The van der Waals surface area contributed by atoms with Crippen molar-refractivity contribution in [1.82, 2.24) is 25.1 Å². The topological polar surface area (TPSA) is 110 Å². The van der Waals surface area contributed by atoms with Crippen molar-refractivity contribution in [2.45, 2.75) is 32.9 Å². The summed E-state index contributed by atoms with van der Waals surface area (Å²) in [5.74, 6) is -0.494. The first-order chi connectivity index (χ1) is 13.5. The second-order valence-corrected chi connectivity index (χ2v) is 6.18. The Morgan fingerprint density at radius 1 is 1.11 bits per heavy atom. The molecule has 1 atom stereocenters. The van der Waals surface area contributed by atoms with Gasteiger partial charge in [-0.1, -0.05) is 19.1 Å². The van der Waals surface area contributed by atoms with Crippen molar-refractivity contribution in [3.8, 4) is 11.3 Å². The smallest absolute Gasteiger partial charge is 0.335 e. The van der Waals surface area contributed by atoms with Gasteiger partial charge in [-0.15, -0.1) is 0 Å². The van der Waals surface area contributed by atoms with E-state index >= 15 is 0 Å². The largest absolute Gasteiger partial charge is 0.478 e. The van der Waals surface area contributed by atoms with E-state index in [2.05, 4.69) is 20.4 Å². The average Bonchev–Trinajstić information content (AvgIpc) is 3.20. The predicted octanol–water partition coefficient (Wildman–Crippen LogP) is 2.94. The number of carbonyl (C=O) groups excluding carboxylic acids is 1. The minimum Gasteiger partial charge on any atom is -0.478 e. The Bertz CT molecular complexity index is 982. The monoisotopic (exact) mass is 379 g/mol. The van der Waals surface area contributed by atoms with Gasteiger partial charge in [0.05, 0.1) is 17.3 Å². The van der Waals surface area contributed by atoms with E-state index in [-0.39, 0.29) is 17.5 Å². The highest BCUT2D eigenvalue weighted by atomic mass is 16.4. The van der Waals surface area contributed by atoms with Gasteiger partial charge in [0.1, 0.15) is 12.2 Å². The molecule has 0 radical (unpaired) electrons. The molecule has 0 saturated heterocycles. The molecule has 28 heavy (non-hydrogen) atoms. The van der Waals surface area contributed by atoms with Gasteiger partial charge in [-0.2, -0.15) is 5.10 Å². The number of aryl methyl sites for hydroxylation is 1. The molecule has 0 aliphatic heterocycles. The van der Waals surface area contributed by atoms with E-state index in [1.807, 2.05) is 13.8 Å². The third-order valence-electron chi connectivity index (χ3n) is 4.42. The van der Waals surface area contributed by atoms with Crippen LogP contribution in [0.1, 0.15) is 52.9 Å². The normalized spacial score (nSPS) is 11.8. The molecule has 8 heteroatoms. The Labute approximate surface area is 162 Å². The van der Waals surface area contributed by atoms with Crippen LogP contribution in [0.3, 0.4) is 0 Å². The second-order valence-electron chi connectivity index (χ2n) is 6.18. The van der Waals surface area contributed by atoms with Crippen molar-refractivity contribution < 1.29 is 14.7 Å². The molecule has 0 aliphatic carbocycles. The molecule has 3 aromatic rings. The number of carbonyl (C=O) groups is 2. The van der Waals surface area contributed by atoms with Crippen molar-refractivity contribution in [2.24, 2.45) is 0 Å². The minimum atomic E-state index is -1.01. The second kappa shape index (κ2) is 8.43. The van der Waals surface area contributed by atoms with E-state index < -0.39 is 5.97 Å². The number of nitrogens with one attached hydrogen (secondary N) is 1. The maximum absolute atomic E-state index is 12.6. The third kappa shape index (κ3) is 4.06. The van der Waals surface area contributed by atoms with Crippen molar-refractivity contribution >= 4 is 11.9 Å². The molecule has 3 rings (SSSR count). The molecule has 0 unspecified atom stereocenters. The molecule has 8 nitrogen and oxygen atoms in total. The number of rotatable bonds is 7. The summed E-state index contributed by atoms with van der Waals surface area (Å²) in [6.45, 7) is 4.63. The van der Waals surface area contributed by atoms with E-state index in [4.69, 9.17) is 5.11 Å². The summed E-state index contributed by atoms with van der Waals surface area (Å²) in [5, 5.41) is 16.2. The Morgan fingerprint density at radius 2 is 1.86 bits per heavy atom. The van der Waals surface area contributed by atoms with Crippen LogP contribution in [0, 0.1) is 0 Å². The standard InChI is InChI=1S/C20H21N5O3/c1-3-16(18-22-12-23-25(18)4-2)24-19(26)14-7-5-13(6-8-14)17-11-15(20(27)28)9-10-21-17/h5-12,16H,3-4H2,1-2H3,(H,24,26)(H,27,28)/t16-/m0/s1. The molecule has 2 N–H and O–H groups in total. The first kappa shape index (κ1) is 19.2. The van der Waals surface area contributed by atoms with E-state index in [9.17, 15) is 9.59 Å². The summed E-state index contributed by atoms with van der Waals surface area (Å²) < 4.78 is 1.76. The summed E-state index contributed by atoms with van der Waals surface area (Å²) in [6, 6.07) is 9.59. The fourth-order valence-electron chi connectivity index (χ4n) is 2.89. The molecular formula is C20H21N5O3. The number of benzene rings is 1. The van der Waals surface area contributed by atoms with Crippen molar-refractivity contribution in [2.75, 3.05) is 0 Å². The van der Waals surface area contributed by atoms with Crippen LogP contribution in [0.25, 0.3) is 11.3 Å². The maximum Gasteiger partial charge on any atom is 0.335 e. The van der Waals surface area contributed by atoms with Crippen molar-refractivity contribution in [3.05, 3.63) is 65.9 Å². The first-order valence-electron chi connectivity index (χ1n) is 9.01. The SMILES string of the molecule is CC[C@H](NC(=O)c1ccc(-c2cc(C(=O)O)ccn2)cc1)c1ncnn1CC. The summed E-state index contributed by atoms with van der Waals surface area (Å²) in [6.07, 6.45) is 3.63. The van der Waals surface area contributed by atoms with Crippen LogP contribution in [0.5, 0.6) is 0 Å². The fourth-order valence-corrected chi connectivity index (χ4v) is 2.89. The zero-order valence-electron chi connectivity index (χ0n) is 15.7. The number of nitrogens with zero attached hydrogens (tertiary/aromatic N) is 4. The molecule has 2 heterocycles. The van der Waals surface area contributed by atoms with Gasteiger partial charge >= 0.3 is 5.97 Å². The maximum atomic E-state index is 12.6. The fraction of sp³-hybridized carbons (Fsp3) is 0.250. The lowest BCUT2D eigenvalue weighted by Gasteiger charge is -2.17. The van der Waals surface area contributed by atoms with Crippen LogP contribution < -0.4 is 5.32 Å². The molecule has 0 spiro atoms. The number of amides is 1. The van der Waals surface area contributed by atoms with Gasteiger partial charge in [0.15, 0.2) is 0 Å². The highest BCUT2D eigenvalue weighted by Crippen LogP contribution is 2.20. The molecule has 0 fully saturated rings. The number of hydrogen-bond donors (Lipinski definition) is 2. The number of aromatic carboxylic acids is 1. The third-order valence-corrected chi connectivity index (χ3v) is 4.42. The molecule has 1 aromatic carbocycles. The molecule has 0 saturated carbocycles. The Kier molecular flexibility index (Phi) is 5.78. The van der Waals surface area contributed by atoms with Gasteiger partial charge in [-0.05, 0) is 37.6 Å². The van der Waals surface area contributed by atoms with Crippen LogP contribution >= 0.6 is 0 Å². The van der Waals surface area contributed by atoms with E-state index in [0.29, 0.717) is 24.2 Å². The Balaban J connectivity index is 1.76. The summed E-state index contributed by atoms with van der Waals surface area (Å²) >= 11 is 0. The molecule has 0 bridgehead atoms. The quantitative estimate of drug-likeness (QED) is 0.653.